The van der Waals surface area contributed by atoms with Crippen LogP contribution in [0, 0.1) is 0 Å². The smallest absolute Gasteiger partial charge is 0.319 e. The normalized spacial score (nSPS) is 19.3. The van der Waals surface area contributed by atoms with Crippen LogP contribution in [0.2, 0.25) is 0 Å². The number of amides is 2. The third-order valence-corrected chi connectivity index (χ3v) is 5.43. The molecule has 3 heterocycles. The molecule has 2 fully saturated rings. The lowest BCUT2D eigenvalue weighted by Gasteiger charge is -2.32. The van der Waals surface area contributed by atoms with Gasteiger partial charge in [0.05, 0.1) is 24.1 Å². The molecule has 2 N–H and O–H groups in total. The lowest BCUT2D eigenvalue weighted by molar-refractivity contribution is 0.0529. The first-order chi connectivity index (χ1) is 14.2. The predicted molar refractivity (Wildman–Crippen MR) is 116 cm³/mol. The number of para-hydroxylation sites is 2. The maximum atomic E-state index is 12.4. The van der Waals surface area contributed by atoms with Crippen molar-refractivity contribution in [2.75, 3.05) is 47.9 Å². The van der Waals surface area contributed by atoms with Crippen LogP contribution in [-0.2, 0) is 11.3 Å². The standard InChI is InChI=1S/C22H29N5O2/c1-17-16-27(12-13-29-17)21-9-8-18(14-23-21)15-24-22(28)25-19-6-2-3-7-20(19)26-10-4-5-11-26/h2-3,6-9,14,17H,4-5,10-13,15-16H2,1H3,(H2,24,25,28). The first kappa shape index (κ1) is 19.5. The summed E-state index contributed by atoms with van der Waals surface area (Å²) in [4.78, 5) is 21.5. The van der Waals surface area contributed by atoms with Gasteiger partial charge in [-0.2, -0.15) is 0 Å². The molecule has 2 aliphatic rings. The minimum Gasteiger partial charge on any atom is -0.375 e. The van der Waals surface area contributed by atoms with Crippen molar-refractivity contribution in [1.29, 1.82) is 0 Å². The summed E-state index contributed by atoms with van der Waals surface area (Å²) in [5.41, 5.74) is 2.91. The van der Waals surface area contributed by atoms with Crippen molar-refractivity contribution in [2.45, 2.75) is 32.4 Å². The van der Waals surface area contributed by atoms with Gasteiger partial charge >= 0.3 is 6.03 Å². The van der Waals surface area contributed by atoms with Crippen molar-refractivity contribution in [2.24, 2.45) is 0 Å². The molecule has 1 atom stereocenters. The van der Waals surface area contributed by atoms with Crippen LogP contribution in [0.5, 0.6) is 0 Å². The molecular formula is C22H29N5O2. The molecule has 2 amide bonds. The fourth-order valence-corrected chi connectivity index (χ4v) is 3.90. The number of nitrogens with one attached hydrogen (secondary N) is 2. The first-order valence-corrected chi connectivity index (χ1v) is 10.4. The van der Waals surface area contributed by atoms with Crippen LogP contribution in [0.1, 0.15) is 25.3 Å². The number of anilines is 3. The summed E-state index contributed by atoms with van der Waals surface area (Å²) < 4.78 is 5.58. The Morgan fingerprint density at radius 2 is 1.97 bits per heavy atom. The summed E-state index contributed by atoms with van der Waals surface area (Å²) in [6.07, 6.45) is 4.45. The molecule has 2 aliphatic heterocycles. The number of hydrogen-bond donors (Lipinski definition) is 2. The fraction of sp³-hybridized carbons (Fsp3) is 0.455. The average molecular weight is 396 g/mol. The fourth-order valence-electron chi connectivity index (χ4n) is 3.90. The monoisotopic (exact) mass is 395 g/mol. The zero-order valence-corrected chi connectivity index (χ0v) is 16.9. The van der Waals surface area contributed by atoms with Gasteiger partial charge in [-0.15, -0.1) is 0 Å². The van der Waals surface area contributed by atoms with Gasteiger partial charge in [0.2, 0.25) is 0 Å². The second-order valence-electron chi connectivity index (χ2n) is 7.67. The molecule has 1 aromatic heterocycles. The van der Waals surface area contributed by atoms with E-state index < -0.39 is 0 Å². The predicted octanol–water partition coefficient (Wildman–Crippen LogP) is 3.23. The molecule has 7 nitrogen and oxygen atoms in total. The number of nitrogens with zero attached hydrogens (tertiary/aromatic N) is 3. The van der Waals surface area contributed by atoms with E-state index in [9.17, 15) is 4.79 Å². The second-order valence-corrected chi connectivity index (χ2v) is 7.67. The van der Waals surface area contributed by atoms with E-state index in [0.717, 1.165) is 55.5 Å². The highest BCUT2D eigenvalue weighted by Gasteiger charge is 2.18. The van der Waals surface area contributed by atoms with E-state index in [-0.39, 0.29) is 12.1 Å². The molecule has 7 heteroatoms. The number of benzene rings is 1. The third-order valence-electron chi connectivity index (χ3n) is 5.43. The highest BCUT2D eigenvalue weighted by molar-refractivity contribution is 5.93. The Hall–Kier alpha value is -2.80. The van der Waals surface area contributed by atoms with Crippen LogP contribution in [0.25, 0.3) is 0 Å². The van der Waals surface area contributed by atoms with E-state index in [1.807, 2.05) is 36.5 Å². The van der Waals surface area contributed by atoms with Gasteiger partial charge in [0.25, 0.3) is 0 Å². The van der Waals surface area contributed by atoms with Crippen LogP contribution in [0.15, 0.2) is 42.6 Å². The maximum absolute atomic E-state index is 12.4. The molecule has 0 radical (unpaired) electrons. The summed E-state index contributed by atoms with van der Waals surface area (Å²) >= 11 is 0. The molecule has 154 valence electrons. The van der Waals surface area contributed by atoms with Gasteiger partial charge in [-0.3, -0.25) is 0 Å². The Morgan fingerprint density at radius 3 is 2.72 bits per heavy atom. The van der Waals surface area contributed by atoms with Crippen molar-refractivity contribution in [1.82, 2.24) is 10.3 Å². The van der Waals surface area contributed by atoms with E-state index in [1.54, 1.807) is 0 Å². The first-order valence-electron chi connectivity index (χ1n) is 10.4. The zero-order chi connectivity index (χ0) is 20.1. The summed E-state index contributed by atoms with van der Waals surface area (Å²) in [6, 6.07) is 11.8. The molecule has 0 aliphatic carbocycles. The molecule has 1 aromatic carbocycles. The van der Waals surface area contributed by atoms with Gasteiger partial charge in [0, 0.05) is 38.9 Å². The molecule has 2 aromatic rings. The molecule has 29 heavy (non-hydrogen) atoms. The highest BCUT2D eigenvalue weighted by atomic mass is 16.5. The summed E-state index contributed by atoms with van der Waals surface area (Å²) in [5.74, 6) is 0.952. The van der Waals surface area contributed by atoms with Crippen LogP contribution in [0.3, 0.4) is 0 Å². The van der Waals surface area contributed by atoms with Crippen LogP contribution in [-0.4, -0.2) is 49.9 Å². The summed E-state index contributed by atoms with van der Waals surface area (Å²) in [6.45, 7) is 7.03. The lowest BCUT2D eigenvalue weighted by Crippen LogP contribution is -2.41. The Morgan fingerprint density at radius 1 is 1.14 bits per heavy atom. The number of rotatable bonds is 5. The molecule has 0 spiro atoms. The summed E-state index contributed by atoms with van der Waals surface area (Å²) in [5, 5.41) is 5.92. The average Bonchev–Trinajstić information content (AvgIpc) is 3.28. The number of hydrogen-bond acceptors (Lipinski definition) is 5. The molecule has 0 saturated carbocycles. The Balaban J connectivity index is 1.31. The largest absolute Gasteiger partial charge is 0.375 e. The lowest BCUT2D eigenvalue weighted by atomic mass is 10.2. The van der Waals surface area contributed by atoms with Crippen molar-refractivity contribution in [3.8, 4) is 0 Å². The Labute approximate surface area is 172 Å². The van der Waals surface area contributed by atoms with E-state index in [1.165, 1.54) is 12.8 Å². The van der Waals surface area contributed by atoms with Gasteiger partial charge in [0.15, 0.2) is 0 Å². The van der Waals surface area contributed by atoms with E-state index >= 15 is 0 Å². The highest BCUT2D eigenvalue weighted by Crippen LogP contribution is 2.28. The van der Waals surface area contributed by atoms with Crippen molar-refractivity contribution in [3.63, 3.8) is 0 Å². The number of urea groups is 1. The minimum atomic E-state index is -0.206. The van der Waals surface area contributed by atoms with Crippen molar-refractivity contribution < 1.29 is 9.53 Å². The van der Waals surface area contributed by atoms with E-state index in [2.05, 4.69) is 38.4 Å². The quantitative estimate of drug-likeness (QED) is 0.813. The number of ether oxygens (including phenoxy) is 1. The number of morpholine rings is 1. The number of carbonyl (C=O) groups is 1. The molecule has 2 saturated heterocycles. The van der Waals surface area contributed by atoms with Crippen molar-refractivity contribution >= 4 is 23.2 Å². The summed E-state index contributed by atoms with van der Waals surface area (Å²) in [7, 11) is 0. The number of aromatic nitrogens is 1. The van der Waals surface area contributed by atoms with Gasteiger partial charge < -0.3 is 25.2 Å². The second kappa shape index (κ2) is 9.13. The zero-order valence-electron chi connectivity index (χ0n) is 16.9. The van der Waals surface area contributed by atoms with Crippen LogP contribution >= 0.6 is 0 Å². The molecular weight excluding hydrogens is 366 g/mol. The Kier molecular flexibility index (Phi) is 6.14. The molecule has 0 bridgehead atoms. The number of pyridine rings is 1. The van der Waals surface area contributed by atoms with E-state index in [0.29, 0.717) is 6.54 Å². The molecule has 4 rings (SSSR count). The maximum Gasteiger partial charge on any atom is 0.319 e. The van der Waals surface area contributed by atoms with E-state index in [4.69, 9.17) is 4.74 Å². The van der Waals surface area contributed by atoms with Gasteiger partial charge in [-0.25, -0.2) is 9.78 Å². The topological polar surface area (TPSA) is 69.7 Å². The van der Waals surface area contributed by atoms with Gasteiger partial charge in [-0.1, -0.05) is 18.2 Å². The van der Waals surface area contributed by atoms with Crippen molar-refractivity contribution in [3.05, 3.63) is 48.2 Å². The SMILES string of the molecule is CC1CN(c2ccc(CNC(=O)Nc3ccccc3N3CCCC3)cn2)CCO1. The minimum absolute atomic E-state index is 0.206. The Bertz CT molecular complexity index is 820. The van der Waals surface area contributed by atoms with Crippen LogP contribution < -0.4 is 20.4 Å². The van der Waals surface area contributed by atoms with Gasteiger partial charge in [0.1, 0.15) is 5.82 Å². The van der Waals surface area contributed by atoms with Gasteiger partial charge in [-0.05, 0) is 43.5 Å². The number of carbonyl (C=O) groups excluding carboxylic acids is 1. The third kappa shape index (κ3) is 4.98. The molecule has 1 unspecified atom stereocenters. The van der Waals surface area contributed by atoms with Crippen LogP contribution in [0.4, 0.5) is 22.0 Å².